The first-order chi connectivity index (χ1) is 6.61. The van der Waals surface area contributed by atoms with Gasteiger partial charge in [-0.05, 0) is 6.92 Å². The minimum absolute atomic E-state index is 0.0325. The average molecular weight is 193 g/mol. The lowest BCUT2D eigenvalue weighted by molar-refractivity contribution is -0.130. The molecule has 0 radical (unpaired) electrons. The molecule has 0 saturated heterocycles. The summed E-state index contributed by atoms with van der Waals surface area (Å²) in [5, 5.41) is 0. The second-order valence-electron chi connectivity index (χ2n) is 3.42. The molecule has 2 rings (SSSR count). The van der Waals surface area contributed by atoms with Crippen LogP contribution < -0.4 is 5.56 Å². The molecule has 1 atom stereocenters. The summed E-state index contributed by atoms with van der Waals surface area (Å²) in [5.41, 5.74) is 1.17. The van der Waals surface area contributed by atoms with Gasteiger partial charge in [-0.2, -0.15) is 0 Å². The first-order valence-electron chi connectivity index (χ1n) is 4.45. The Morgan fingerprint density at radius 2 is 2.43 bits per heavy atom. The van der Waals surface area contributed by atoms with Crippen molar-refractivity contribution >= 4 is 5.91 Å². The van der Waals surface area contributed by atoms with Crippen LogP contribution in [0.5, 0.6) is 0 Å². The topological polar surface area (TPSA) is 66.1 Å². The van der Waals surface area contributed by atoms with Gasteiger partial charge in [0.2, 0.25) is 5.91 Å². The normalized spacial score (nSPS) is 19.6. The van der Waals surface area contributed by atoms with Gasteiger partial charge in [-0.25, -0.2) is 4.98 Å². The molecule has 0 unspecified atom stereocenters. The lowest BCUT2D eigenvalue weighted by Gasteiger charge is -2.18. The van der Waals surface area contributed by atoms with E-state index in [1.54, 1.807) is 4.90 Å². The highest BCUT2D eigenvalue weighted by Crippen LogP contribution is 2.28. The molecular formula is C9H11N3O2. The molecule has 0 saturated carbocycles. The van der Waals surface area contributed by atoms with Crippen LogP contribution in [0, 0.1) is 0 Å². The van der Waals surface area contributed by atoms with Crippen molar-refractivity contribution in [1.29, 1.82) is 0 Å². The number of nitrogens with zero attached hydrogens (tertiary/aromatic N) is 2. The Balaban J connectivity index is 2.50. The second-order valence-corrected chi connectivity index (χ2v) is 3.42. The number of amides is 1. The van der Waals surface area contributed by atoms with E-state index in [-0.39, 0.29) is 17.5 Å². The van der Waals surface area contributed by atoms with Crippen molar-refractivity contribution in [3.05, 3.63) is 27.9 Å². The molecule has 0 bridgehead atoms. The minimum atomic E-state index is -0.148. The van der Waals surface area contributed by atoms with Crippen molar-refractivity contribution in [1.82, 2.24) is 14.9 Å². The third-order valence-corrected chi connectivity index (χ3v) is 2.58. The van der Waals surface area contributed by atoms with E-state index in [9.17, 15) is 9.59 Å². The van der Waals surface area contributed by atoms with Crippen LogP contribution in [0.15, 0.2) is 11.1 Å². The van der Waals surface area contributed by atoms with Crippen molar-refractivity contribution < 1.29 is 4.79 Å². The van der Waals surface area contributed by atoms with E-state index in [0.29, 0.717) is 17.8 Å². The predicted molar refractivity (Wildman–Crippen MR) is 49.5 cm³/mol. The van der Waals surface area contributed by atoms with Gasteiger partial charge in [0.15, 0.2) is 0 Å². The van der Waals surface area contributed by atoms with Crippen LogP contribution in [-0.4, -0.2) is 20.8 Å². The summed E-state index contributed by atoms with van der Waals surface area (Å²) in [6.45, 7) is 3.74. The van der Waals surface area contributed by atoms with Crippen LogP contribution in [0.25, 0.3) is 0 Å². The molecule has 2 heterocycles. The smallest absolute Gasteiger partial charge is 0.256 e. The van der Waals surface area contributed by atoms with Gasteiger partial charge in [-0.3, -0.25) is 9.59 Å². The van der Waals surface area contributed by atoms with Crippen LogP contribution in [0.1, 0.15) is 31.1 Å². The Bertz CT molecular complexity index is 438. The number of fused-ring (bicyclic) bond motifs is 1. The van der Waals surface area contributed by atoms with Gasteiger partial charge in [0.25, 0.3) is 5.56 Å². The van der Waals surface area contributed by atoms with Crippen molar-refractivity contribution in [2.24, 2.45) is 0 Å². The maximum atomic E-state index is 11.4. The van der Waals surface area contributed by atoms with E-state index in [0.717, 1.165) is 0 Å². The van der Waals surface area contributed by atoms with Gasteiger partial charge >= 0.3 is 0 Å². The van der Waals surface area contributed by atoms with Gasteiger partial charge in [0.05, 0.1) is 30.2 Å². The highest BCUT2D eigenvalue weighted by molar-refractivity contribution is 5.74. The zero-order chi connectivity index (χ0) is 10.3. The van der Waals surface area contributed by atoms with Gasteiger partial charge in [-0.1, -0.05) is 0 Å². The number of rotatable bonds is 0. The third kappa shape index (κ3) is 1.13. The average Bonchev–Trinajstić information content (AvgIpc) is 2.46. The Hall–Kier alpha value is -1.65. The molecule has 74 valence electrons. The minimum Gasteiger partial charge on any atom is -0.330 e. The number of nitrogens with one attached hydrogen (secondary N) is 1. The summed E-state index contributed by atoms with van der Waals surface area (Å²) in [6.07, 6.45) is 1.38. The van der Waals surface area contributed by atoms with Crippen molar-refractivity contribution in [3.63, 3.8) is 0 Å². The van der Waals surface area contributed by atoms with Gasteiger partial charge in [0, 0.05) is 6.92 Å². The molecule has 1 aromatic heterocycles. The Labute approximate surface area is 80.8 Å². The molecule has 14 heavy (non-hydrogen) atoms. The number of aromatic nitrogens is 2. The van der Waals surface area contributed by atoms with Crippen LogP contribution >= 0.6 is 0 Å². The quantitative estimate of drug-likeness (QED) is 0.639. The first-order valence-corrected chi connectivity index (χ1v) is 4.45. The number of hydrogen-bond acceptors (Lipinski definition) is 3. The zero-order valence-electron chi connectivity index (χ0n) is 8.07. The van der Waals surface area contributed by atoms with E-state index < -0.39 is 0 Å². The van der Waals surface area contributed by atoms with E-state index in [1.807, 2.05) is 6.92 Å². The van der Waals surface area contributed by atoms with E-state index >= 15 is 0 Å². The van der Waals surface area contributed by atoms with Gasteiger partial charge in [0.1, 0.15) is 0 Å². The molecule has 0 spiro atoms. The maximum Gasteiger partial charge on any atom is 0.256 e. The van der Waals surface area contributed by atoms with Gasteiger partial charge in [-0.15, -0.1) is 0 Å². The molecule has 1 aromatic rings. The first kappa shape index (κ1) is 8.93. The molecule has 1 amide bonds. The fourth-order valence-electron chi connectivity index (χ4n) is 1.79. The fraction of sp³-hybridized carbons (Fsp3) is 0.444. The molecule has 5 nitrogen and oxygen atoms in total. The van der Waals surface area contributed by atoms with Crippen molar-refractivity contribution in [2.45, 2.75) is 26.4 Å². The van der Waals surface area contributed by atoms with Crippen LogP contribution in [0.4, 0.5) is 0 Å². The molecule has 1 aliphatic heterocycles. The SMILES string of the molecule is CC(=O)N1Cc2c(nc[nH]c2=O)[C@@H]1C. The standard InChI is InChI=1S/C9H11N3O2/c1-5-8-7(3-12(5)6(2)13)9(14)11-4-10-8/h4-5H,3H2,1-2H3,(H,10,11,14)/t5-/m0/s1. The lowest BCUT2D eigenvalue weighted by atomic mass is 10.2. The van der Waals surface area contributed by atoms with E-state index in [4.69, 9.17) is 0 Å². The Kier molecular flexibility index (Phi) is 1.87. The monoisotopic (exact) mass is 193 g/mol. The highest BCUT2D eigenvalue weighted by Gasteiger charge is 2.31. The zero-order valence-corrected chi connectivity index (χ0v) is 8.07. The Morgan fingerprint density at radius 1 is 1.71 bits per heavy atom. The fourth-order valence-corrected chi connectivity index (χ4v) is 1.79. The Morgan fingerprint density at radius 3 is 3.00 bits per heavy atom. The van der Waals surface area contributed by atoms with E-state index in [2.05, 4.69) is 9.97 Å². The van der Waals surface area contributed by atoms with Crippen molar-refractivity contribution in [2.75, 3.05) is 0 Å². The summed E-state index contributed by atoms with van der Waals surface area (Å²) < 4.78 is 0. The summed E-state index contributed by atoms with van der Waals surface area (Å²) in [7, 11) is 0. The van der Waals surface area contributed by atoms with Crippen molar-refractivity contribution in [3.8, 4) is 0 Å². The predicted octanol–water partition coefficient (Wildman–Crippen LogP) is 0.193. The largest absolute Gasteiger partial charge is 0.330 e. The van der Waals surface area contributed by atoms with Crippen LogP contribution in [0.2, 0.25) is 0 Å². The maximum absolute atomic E-state index is 11.4. The summed E-state index contributed by atoms with van der Waals surface area (Å²) in [5.74, 6) is -0.0325. The second kappa shape index (κ2) is 2.94. The number of carbonyl (C=O) groups is 1. The summed E-state index contributed by atoms with van der Waals surface area (Å²) in [4.78, 5) is 30.8. The van der Waals surface area contributed by atoms with Crippen LogP contribution in [-0.2, 0) is 11.3 Å². The number of H-pyrrole nitrogens is 1. The number of aromatic amines is 1. The molecule has 0 fully saturated rings. The summed E-state index contributed by atoms with van der Waals surface area (Å²) >= 11 is 0. The highest BCUT2D eigenvalue weighted by atomic mass is 16.2. The molecular weight excluding hydrogens is 182 g/mol. The third-order valence-electron chi connectivity index (χ3n) is 2.58. The molecule has 0 aromatic carbocycles. The molecule has 1 N–H and O–H groups in total. The number of hydrogen-bond donors (Lipinski definition) is 1. The van der Waals surface area contributed by atoms with Crippen LogP contribution in [0.3, 0.4) is 0 Å². The molecule has 5 heteroatoms. The summed E-state index contributed by atoms with van der Waals surface area (Å²) in [6, 6.07) is -0.0928. The number of carbonyl (C=O) groups excluding carboxylic acids is 1. The van der Waals surface area contributed by atoms with E-state index in [1.165, 1.54) is 13.3 Å². The van der Waals surface area contributed by atoms with Gasteiger partial charge < -0.3 is 9.88 Å². The lowest BCUT2D eigenvalue weighted by Crippen LogP contribution is -2.25. The molecule has 1 aliphatic rings. The molecule has 0 aliphatic carbocycles.